The van der Waals surface area contributed by atoms with Crippen LogP contribution in [0.3, 0.4) is 0 Å². The van der Waals surface area contributed by atoms with Crippen molar-refractivity contribution in [1.82, 2.24) is 20.5 Å². The maximum absolute atomic E-state index is 12.3. The first-order valence-corrected chi connectivity index (χ1v) is 9.72. The highest BCUT2D eigenvalue weighted by Gasteiger charge is 2.28. The van der Waals surface area contributed by atoms with Crippen LogP contribution in [-0.2, 0) is 6.54 Å². The van der Waals surface area contributed by atoms with Crippen molar-refractivity contribution in [2.24, 2.45) is 0 Å². The van der Waals surface area contributed by atoms with Crippen LogP contribution in [0.1, 0.15) is 30.1 Å². The van der Waals surface area contributed by atoms with Gasteiger partial charge in [0.2, 0.25) is 0 Å². The molecule has 1 saturated carbocycles. The van der Waals surface area contributed by atoms with E-state index in [1.165, 1.54) is 12.1 Å². The lowest BCUT2D eigenvalue weighted by molar-refractivity contribution is -0.153. The number of alkyl halides is 3. The SMILES string of the molecule is O=C(NCc1cccc(OCC(F)(F)F)c1)Nc1ccc(-c2n[nH]c(C3CC3)n2)cc1. The molecule has 0 atom stereocenters. The Morgan fingerprint density at radius 3 is 2.65 bits per heavy atom. The van der Waals surface area contributed by atoms with E-state index in [9.17, 15) is 18.0 Å². The second-order valence-electron chi connectivity index (χ2n) is 7.25. The Kier molecular flexibility index (Phi) is 5.79. The van der Waals surface area contributed by atoms with Crippen LogP contribution < -0.4 is 15.4 Å². The number of anilines is 1. The van der Waals surface area contributed by atoms with E-state index in [1.807, 2.05) is 12.1 Å². The topological polar surface area (TPSA) is 91.9 Å². The van der Waals surface area contributed by atoms with Gasteiger partial charge in [0.1, 0.15) is 11.6 Å². The van der Waals surface area contributed by atoms with E-state index in [0.717, 1.165) is 24.2 Å². The van der Waals surface area contributed by atoms with Crippen LogP contribution in [0.25, 0.3) is 11.4 Å². The molecule has 7 nitrogen and oxygen atoms in total. The van der Waals surface area contributed by atoms with E-state index in [1.54, 1.807) is 24.3 Å². The molecule has 0 unspecified atom stereocenters. The fraction of sp³-hybridized carbons (Fsp3) is 0.286. The zero-order valence-electron chi connectivity index (χ0n) is 16.4. The number of urea groups is 1. The van der Waals surface area contributed by atoms with Gasteiger partial charge in [0.25, 0.3) is 0 Å². The molecule has 0 spiro atoms. The molecule has 0 saturated heterocycles. The lowest BCUT2D eigenvalue weighted by Gasteiger charge is -2.11. The third kappa shape index (κ3) is 5.97. The number of halogens is 3. The second kappa shape index (κ2) is 8.66. The van der Waals surface area contributed by atoms with Gasteiger partial charge in [0.05, 0.1) is 0 Å². The summed E-state index contributed by atoms with van der Waals surface area (Å²) >= 11 is 0. The Morgan fingerprint density at radius 2 is 1.94 bits per heavy atom. The van der Waals surface area contributed by atoms with Crippen LogP contribution in [0.2, 0.25) is 0 Å². The summed E-state index contributed by atoms with van der Waals surface area (Å²) in [7, 11) is 0. The smallest absolute Gasteiger partial charge is 0.422 e. The van der Waals surface area contributed by atoms with Gasteiger partial charge >= 0.3 is 12.2 Å². The number of ether oxygens (including phenoxy) is 1. The molecule has 2 amide bonds. The van der Waals surface area contributed by atoms with Gasteiger partial charge in [-0.3, -0.25) is 5.10 Å². The van der Waals surface area contributed by atoms with Crippen LogP contribution >= 0.6 is 0 Å². The number of benzene rings is 2. The van der Waals surface area contributed by atoms with Gasteiger partial charge in [0.15, 0.2) is 12.4 Å². The molecular weight excluding hydrogens is 411 g/mol. The predicted molar refractivity (Wildman–Crippen MR) is 108 cm³/mol. The highest BCUT2D eigenvalue weighted by molar-refractivity contribution is 5.89. The number of amides is 2. The van der Waals surface area contributed by atoms with Crippen LogP contribution in [0.15, 0.2) is 48.5 Å². The number of carbonyl (C=O) groups excluding carboxylic acids is 1. The minimum absolute atomic E-state index is 0.0874. The average molecular weight is 431 g/mol. The van der Waals surface area contributed by atoms with Crippen molar-refractivity contribution in [3.05, 3.63) is 59.9 Å². The number of aromatic nitrogens is 3. The van der Waals surface area contributed by atoms with E-state index >= 15 is 0 Å². The zero-order valence-corrected chi connectivity index (χ0v) is 16.4. The molecule has 4 rings (SSSR count). The number of aromatic amines is 1. The highest BCUT2D eigenvalue weighted by atomic mass is 19.4. The van der Waals surface area contributed by atoms with Gasteiger partial charge in [-0.2, -0.15) is 18.3 Å². The fourth-order valence-electron chi connectivity index (χ4n) is 2.91. The molecular formula is C21H20F3N5O2. The van der Waals surface area contributed by atoms with Crippen molar-refractivity contribution in [2.45, 2.75) is 31.5 Å². The van der Waals surface area contributed by atoms with Gasteiger partial charge in [-0.15, -0.1) is 0 Å². The van der Waals surface area contributed by atoms with Crippen molar-refractivity contribution in [3.8, 4) is 17.1 Å². The van der Waals surface area contributed by atoms with Crippen molar-refractivity contribution >= 4 is 11.7 Å². The van der Waals surface area contributed by atoms with Crippen molar-refractivity contribution in [2.75, 3.05) is 11.9 Å². The molecule has 2 aromatic carbocycles. The number of rotatable bonds is 7. The molecule has 1 heterocycles. The van der Waals surface area contributed by atoms with Crippen LogP contribution in [-0.4, -0.2) is 34.0 Å². The van der Waals surface area contributed by atoms with Gasteiger partial charge < -0.3 is 15.4 Å². The summed E-state index contributed by atoms with van der Waals surface area (Å²) in [6, 6.07) is 12.8. The molecule has 1 aliphatic rings. The number of nitrogens with one attached hydrogen (secondary N) is 3. The molecule has 3 N–H and O–H groups in total. The summed E-state index contributed by atoms with van der Waals surface area (Å²) < 4.78 is 41.5. The Hall–Kier alpha value is -3.56. The van der Waals surface area contributed by atoms with Crippen molar-refractivity contribution in [3.63, 3.8) is 0 Å². The lowest BCUT2D eigenvalue weighted by Crippen LogP contribution is -2.28. The molecule has 0 aliphatic heterocycles. The number of hydrogen-bond donors (Lipinski definition) is 3. The van der Waals surface area contributed by atoms with Gasteiger partial charge in [-0.1, -0.05) is 12.1 Å². The van der Waals surface area contributed by atoms with Crippen LogP contribution in [0.5, 0.6) is 5.75 Å². The summed E-state index contributed by atoms with van der Waals surface area (Å²) in [6.45, 7) is -1.23. The van der Waals surface area contributed by atoms with E-state index < -0.39 is 18.8 Å². The average Bonchev–Trinajstić information content (AvgIpc) is 3.48. The van der Waals surface area contributed by atoms with E-state index in [0.29, 0.717) is 23.0 Å². The first-order valence-electron chi connectivity index (χ1n) is 9.72. The Balaban J connectivity index is 1.27. The Labute approximate surface area is 176 Å². The minimum Gasteiger partial charge on any atom is -0.484 e. The van der Waals surface area contributed by atoms with Crippen LogP contribution in [0.4, 0.5) is 23.7 Å². The van der Waals surface area contributed by atoms with E-state index in [4.69, 9.17) is 4.74 Å². The molecule has 3 aromatic rings. The zero-order chi connectivity index (χ0) is 21.8. The standard InChI is InChI=1S/C21H20F3N5O2/c22-21(23,24)12-31-17-3-1-2-13(10-17)11-25-20(30)26-16-8-6-15(7-9-16)19-27-18(28-29-19)14-4-5-14/h1-3,6-10,14H,4-5,11-12H2,(H2,25,26,30)(H,27,28,29). The highest BCUT2D eigenvalue weighted by Crippen LogP contribution is 2.38. The summed E-state index contributed by atoms with van der Waals surface area (Å²) in [5, 5.41) is 12.5. The van der Waals surface area contributed by atoms with Crippen LogP contribution in [0, 0.1) is 0 Å². The number of carbonyl (C=O) groups is 1. The molecule has 1 fully saturated rings. The Morgan fingerprint density at radius 1 is 1.16 bits per heavy atom. The maximum Gasteiger partial charge on any atom is 0.422 e. The molecule has 0 radical (unpaired) electrons. The molecule has 1 aliphatic carbocycles. The fourth-order valence-corrected chi connectivity index (χ4v) is 2.91. The summed E-state index contributed by atoms with van der Waals surface area (Å²) in [4.78, 5) is 16.6. The minimum atomic E-state index is -4.41. The normalized spacial score (nSPS) is 13.6. The molecule has 0 bridgehead atoms. The third-order valence-electron chi connectivity index (χ3n) is 4.62. The number of H-pyrrole nitrogens is 1. The molecule has 10 heteroatoms. The Bertz CT molecular complexity index is 1050. The lowest BCUT2D eigenvalue weighted by atomic mass is 10.2. The first-order chi connectivity index (χ1) is 14.9. The second-order valence-corrected chi connectivity index (χ2v) is 7.25. The van der Waals surface area contributed by atoms with Gasteiger partial charge in [-0.25, -0.2) is 9.78 Å². The quantitative estimate of drug-likeness (QED) is 0.509. The molecule has 31 heavy (non-hydrogen) atoms. The maximum atomic E-state index is 12.3. The largest absolute Gasteiger partial charge is 0.484 e. The molecule has 1 aromatic heterocycles. The van der Waals surface area contributed by atoms with Crippen molar-refractivity contribution < 1.29 is 22.7 Å². The molecule has 162 valence electrons. The summed E-state index contributed by atoms with van der Waals surface area (Å²) in [6.07, 6.45) is -2.13. The van der Waals surface area contributed by atoms with Gasteiger partial charge in [0, 0.05) is 23.7 Å². The van der Waals surface area contributed by atoms with E-state index in [2.05, 4.69) is 25.8 Å². The first kappa shape index (κ1) is 20.7. The summed E-state index contributed by atoms with van der Waals surface area (Å²) in [5.74, 6) is 2.10. The summed E-state index contributed by atoms with van der Waals surface area (Å²) in [5.41, 5.74) is 2.03. The monoisotopic (exact) mass is 431 g/mol. The van der Waals surface area contributed by atoms with E-state index in [-0.39, 0.29) is 12.3 Å². The van der Waals surface area contributed by atoms with Crippen molar-refractivity contribution in [1.29, 1.82) is 0 Å². The number of hydrogen-bond acceptors (Lipinski definition) is 4. The van der Waals surface area contributed by atoms with Gasteiger partial charge in [-0.05, 0) is 54.8 Å². The number of nitrogens with zero attached hydrogens (tertiary/aromatic N) is 2. The third-order valence-corrected chi connectivity index (χ3v) is 4.62. The predicted octanol–water partition coefficient (Wildman–Crippen LogP) is 4.61.